The maximum Gasteiger partial charge on any atom is 0.141 e. The summed E-state index contributed by atoms with van der Waals surface area (Å²) in [6.45, 7) is 2.72. The van der Waals surface area contributed by atoms with Crippen molar-refractivity contribution in [1.29, 1.82) is 0 Å². The van der Waals surface area contributed by atoms with Crippen LogP contribution < -0.4 is 5.32 Å². The largest absolute Gasteiger partial charge is 0.319 e. The van der Waals surface area contributed by atoms with E-state index in [0.29, 0.717) is 12.2 Å². The molecule has 0 saturated carbocycles. The lowest BCUT2D eigenvalue weighted by Gasteiger charge is -2.09. The first-order chi connectivity index (χ1) is 7.13. The second-order valence-corrected chi connectivity index (χ2v) is 4.97. The van der Waals surface area contributed by atoms with Crippen LogP contribution in [-0.4, -0.2) is 19.4 Å². The third kappa shape index (κ3) is 4.30. The molecule has 3 heteroatoms. The van der Waals surface area contributed by atoms with Gasteiger partial charge in [-0.3, -0.25) is 4.79 Å². The molecule has 0 radical (unpaired) electrons. The smallest absolute Gasteiger partial charge is 0.141 e. The summed E-state index contributed by atoms with van der Waals surface area (Å²) >= 11 is 2.26. The summed E-state index contributed by atoms with van der Waals surface area (Å²) in [5.74, 6) is 0.389. The van der Waals surface area contributed by atoms with Gasteiger partial charge in [0.2, 0.25) is 0 Å². The Kier molecular flexibility index (Phi) is 5.25. The first-order valence-corrected chi connectivity index (χ1v) is 6.13. The molecule has 1 unspecified atom stereocenters. The molecule has 15 heavy (non-hydrogen) atoms. The summed E-state index contributed by atoms with van der Waals surface area (Å²) in [6.07, 6.45) is 0.541. The topological polar surface area (TPSA) is 29.1 Å². The molecule has 2 nitrogen and oxygen atoms in total. The lowest BCUT2D eigenvalue weighted by Crippen LogP contribution is -2.24. The average Bonchev–Trinajstić information content (AvgIpc) is 2.22. The molecule has 0 aliphatic rings. The van der Waals surface area contributed by atoms with Gasteiger partial charge in [0.05, 0.1) is 0 Å². The Morgan fingerprint density at radius 2 is 2.00 bits per heavy atom. The molecule has 1 N–H and O–H groups in total. The number of nitrogens with one attached hydrogen (secondary N) is 1. The Hall–Kier alpha value is -0.420. The molecule has 1 rings (SSSR count). The van der Waals surface area contributed by atoms with Crippen molar-refractivity contribution in [3.05, 3.63) is 33.4 Å². The van der Waals surface area contributed by atoms with Crippen LogP contribution >= 0.6 is 22.6 Å². The number of hydrogen-bond acceptors (Lipinski definition) is 2. The normalized spacial score (nSPS) is 12.5. The molecule has 0 saturated heterocycles. The molecule has 0 bridgehead atoms. The van der Waals surface area contributed by atoms with Gasteiger partial charge in [0.25, 0.3) is 0 Å². The number of halogens is 1. The van der Waals surface area contributed by atoms with E-state index in [-0.39, 0.29) is 5.92 Å². The highest BCUT2D eigenvalue weighted by molar-refractivity contribution is 14.1. The van der Waals surface area contributed by atoms with Crippen LogP contribution in [0.2, 0.25) is 0 Å². The molecule has 0 aromatic heterocycles. The number of benzene rings is 1. The Balaban J connectivity index is 2.54. The zero-order valence-electron chi connectivity index (χ0n) is 9.09. The van der Waals surface area contributed by atoms with Crippen molar-refractivity contribution in [1.82, 2.24) is 5.32 Å². The maximum atomic E-state index is 11.7. The monoisotopic (exact) mass is 317 g/mol. The summed E-state index contributed by atoms with van der Waals surface area (Å²) in [5.41, 5.74) is 1.10. The van der Waals surface area contributed by atoms with Crippen molar-refractivity contribution in [3.8, 4) is 0 Å². The summed E-state index contributed by atoms with van der Waals surface area (Å²) in [7, 11) is 1.87. The molecular weight excluding hydrogens is 301 g/mol. The Bertz CT molecular complexity index is 321. The fourth-order valence-electron chi connectivity index (χ4n) is 1.40. The van der Waals surface area contributed by atoms with Crippen LogP contribution in [0.4, 0.5) is 0 Å². The fourth-order valence-corrected chi connectivity index (χ4v) is 1.76. The van der Waals surface area contributed by atoms with E-state index in [0.717, 1.165) is 12.1 Å². The highest BCUT2D eigenvalue weighted by atomic mass is 127. The highest BCUT2D eigenvalue weighted by Crippen LogP contribution is 2.09. The summed E-state index contributed by atoms with van der Waals surface area (Å²) in [6, 6.07) is 8.11. The number of Topliss-reactive ketones (excluding diaryl/α,β-unsaturated/α-hetero) is 1. The minimum atomic E-state index is 0.0919. The van der Waals surface area contributed by atoms with E-state index in [9.17, 15) is 4.79 Å². The van der Waals surface area contributed by atoms with Crippen LogP contribution in [0.1, 0.15) is 12.5 Å². The molecule has 1 aromatic rings. The number of carbonyl (C=O) groups excluding carboxylic acids is 1. The van der Waals surface area contributed by atoms with Gasteiger partial charge in [-0.05, 0) is 47.3 Å². The van der Waals surface area contributed by atoms with Gasteiger partial charge >= 0.3 is 0 Å². The molecule has 0 aliphatic carbocycles. The molecule has 0 aliphatic heterocycles. The van der Waals surface area contributed by atoms with Gasteiger partial charge in [-0.2, -0.15) is 0 Å². The first kappa shape index (κ1) is 12.6. The SMILES string of the molecule is CNCC(C)C(=O)Cc1ccc(I)cc1. The molecule has 1 aromatic carbocycles. The number of rotatable bonds is 5. The second kappa shape index (κ2) is 6.23. The second-order valence-electron chi connectivity index (χ2n) is 3.73. The lowest BCUT2D eigenvalue weighted by atomic mass is 9.99. The molecule has 1 atom stereocenters. The van der Waals surface area contributed by atoms with Crippen molar-refractivity contribution in [2.75, 3.05) is 13.6 Å². The highest BCUT2D eigenvalue weighted by Gasteiger charge is 2.11. The van der Waals surface area contributed by atoms with Gasteiger partial charge in [-0.15, -0.1) is 0 Å². The first-order valence-electron chi connectivity index (χ1n) is 5.05. The van der Waals surface area contributed by atoms with E-state index < -0.39 is 0 Å². The van der Waals surface area contributed by atoms with Gasteiger partial charge in [0, 0.05) is 22.5 Å². The number of carbonyl (C=O) groups is 1. The summed E-state index contributed by atoms with van der Waals surface area (Å²) < 4.78 is 1.20. The fraction of sp³-hybridized carbons (Fsp3) is 0.417. The lowest BCUT2D eigenvalue weighted by molar-refractivity contribution is -0.121. The average molecular weight is 317 g/mol. The third-order valence-electron chi connectivity index (χ3n) is 2.35. The predicted octanol–water partition coefficient (Wildman–Crippen LogP) is 2.26. The summed E-state index contributed by atoms with van der Waals surface area (Å²) in [5, 5.41) is 3.02. The van der Waals surface area contributed by atoms with Crippen molar-refractivity contribution < 1.29 is 4.79 Å². The van der Waals surface area contributed by atoms with E-state index in [4.69, 9.17) is 0 Å². The quantitative estimate of drug-likeness (QED) is 0.844. The van der Waals surface area contributed by atoms with Crippen molar-refractivity contribution in [2.24, 2.45) is 5.92 Å². The molecule has 0 spiro atoms. The maximum absolute atomic E-state index is 11.7. The Morgan fingerprint density at radius 1 is 1.40 bits per heavy atom. The van der Waals surface area contributed by atoms with Crippen molar-refractivity contribution in [2.45, 2.75) is 13.3 Å². The van der Waals surface area contributed by atoms with Crippen LogP contribution in [0, 0.1) is 9.49 Å². The standard InChI is InChI=1S/C12H16INO/c1-9(8-14-2)12(15)7-10-3-5-11(13)6-4-10/h3-6,9,14H,7-8H2,1-2H3. The minimum absolute atomic E-state index is 0.0919. The van der Waals surface area contributed by atoms with Crippen LogP contribution in [0.15, 0.2) is 24.3 Å². The molecule has 0 heterocycles. The van der Waals surface area contributed by atoms with Gasteiger partial charge in [-0.25, -0.2) is 0 Å². The molecule has 0 amide bonds. The van der Waals surface area contributed by atoms with E-state index >= 15 is 0 Å². The van der Waals surface area contributed by atoms with Crippen LogP contribution in [0.25, 0.3) is 0 Å². The van der Waals surface area contributed by atoms with Gasteiger partial charge < -0.3 is 5.32 Å². The summed E-state index contributed by atoms with van der Waals surface area (Å²) in [4.78, 5) is 11.7. The Morgan fingerprint density at radius 3 is 2.53 bits per heavy atom. The Labute approximate surface area is 105 Å². The van der Waals surface area contributed by atoms with E-state index in [1.165, 1.54) is 3.57 Å². The number of ketones is 1. The van der Waals surface area contributed by atoms with Gasteiger partial charge in [0.1, 0.15) is 5.78 Å². The zero-order valence-corrected chi connectivity index (χ0v) is 11.2. The third-order valence-corrected chi connectivity index (χ3v) is 3.07. The van der Waals surface area contributed by atoms with E-state index in [1.54, 1.807) is 0 Å². The molecular formula is C12H16INO. The van der Waals surface area contributed by atoms with Crippen LogP contribution in [-0.2, 0) is 11.2 Å². The minimum Gasteiger partial charge on any atom is -0.319 e. The van der Waals surface area contributed by atoms with Crippen LogP contribution in [0.3, 0.4) is 0 Å². The van der Waals surface area contributed by atoms with E-state index in [1.807, 2.05) is 38.2 Å². The number of hydrogen-bond donors (Lipinski definition) is 1. The van der Waals surface area contributed by atoms with E-state index in [2.05, 4.69) is 27.9 Å². The zero-order chi connectivity index (χ0) is 11.3. The molecule has 82 valence electrons. The van der Waals surface area contributed by atoms with Crippen LogP contribution in [0.5, 0.6) is 0 Å². The predicted molar refractivity (Wildman–Crippen MR) is 71.0 cm³/mol. The van der Waals surface area contributed by atoms with Gasteiger partial charge in [0.15, 0.2) is 0 Å². The molecule has 0 fully saturated rings. The van der Waals surface area contributed by atoms with Gasteiger partial charge in [-0.1, -0.05) is 19.1 Å². The van der Waals surface area contributed by atoms with Crippen molar-refractivity contribution in [3.63, 3.8) is 0 Å². The van der Waals surface area contributed by atoms with Crippen molar-refractivity contribution >= 4 is 28.4 Å².